The Bertz CT molecular complexity index is 778. The zero-order valence-electron chi connectivity index (χ0n) is 17.1. The summed E-state index contributed by atoms with van der Waals surface area (Å²) in [6.07, 6.45) is 0. The number of nitrogens with two attached hydrogens (primary N) is 1. The Balaban J connectivity index is 2.80. The molecule has 1 aromatic rings. The molecule has 8 heteroatoms. The average Bonchev–Trinajstić information content (AvgIpc) is 2.65. The van der Waals surface area contributed by atoms with Crippen LogP contribution in [0.25, 0.3) is 0 Å². The third kappa shape index (κ3) is 5.51. The molecule has 0 spiro atoms. The van der Waals surface area contributed by atoms with Crippen LogP contribution in [0.3, 0.4) is 0 Å². The van der Waals surface area contributed by atoms with Gasteiger partial charge in [-0.2, -0.15) is 9.57 Å². The van der Waals surface area contributed by atoms with E-state index in [1.807, 2.05) is 26.1 Å². The lowest BCUT2D eigenvalue weighted by Crippen LogP contribution is -2.87. The van der Waals surface area contributed by atoms with Crippen molar-refractivity contribution in [3.8, 4) is 6.07 Å². The van der Waals surface area contributed by atoms with E-state index in [-0.39, 0.29) is 23.4 Å². The molecule has 0 unspecified atom stereocenters. The Kier molecular flexibility index (Phi) is 7.96. The number of carbonyl (C=O) groups excluding carboxylic acids is 1. The fourth-order valence-electron chi connectivity index (χ4n) is 2.59. The van der Waals surface area contributed by atoms with Crippen LogP contribution in [0.15, 0.2) is 29.2 Å². The maximum Gasteiger partial charge on any atom is 0.278 e. The molecule has 0 saturated carbocycles. The molecule has 1 rings (SSSR count). The zero-order chi connectivity index (χ0) is 20.8. The second-order valence-corrected chi connectivity index (χ2v) is 8.95. The van der Waals surface area contributed by atoms with Crippen LogP contribution in [-0.4, -0.2) is 55.8 Å². The molecule has 0 aliphatic carbocycles. The zero-order valence-corrected chi connectivity index (χ0v) is 17.9. The lowest BCUT2D eigenvalue weighted by molar-refractivity contribution is -0.683. The van der Waals surface area contributed by atoms with E-state index in [0.717, 1.165) is 5.56 Å². The summed E-state index contributed by atoms with van der Waals surface area (Å²) < 4.78 is 26.5. The number of hydrogen-bond donors (Lipinski definition) is 1. The van der Waals surface area contributed by atoms with Crippen molar-refractivity contribution in [2.45, 2.75) is 51.1 Å². The average molecular weight is 396 g/mol. The molecule has 1 aromatic carbocycles. The van der Waals surface area contributed by atoms with Crippen molar-refractivity contribution in [3.63, 3.8) is 0 Å². The van der Waals surface area contributed by atoms with Crippen LogP contribution < -0.4 is 5.32 Å². The summed E-state index contributed by atoms with van der Waals surface area (Å²) in [6, 6.07) is 8.88. The van der Waals surface area contributed by atoms with Gasteiger partial charge in [0.2, 0.25) is 10.0 Å². The molecule has 27 heavy (non-hydrogen) atoms. The first-order chi connectivity index (χ1) is 12.5. The highest BCUT2D eigenvalue weighted by Gasteiger charge is 2.28. The van der Waals surface area contributed by atoms with Gasteiger partial charge in [-0.15, -0.1) is 0 Å². The first kappa shape index (κ1) is 23.1. The lowest BCUT2D eigenvalue weighted by Gasteiger charge is -2.28. The number of carbonyl (C=O) groups is 1. The molecule has 1 amide bonds. The number of hydrogen-bond acceptors (Lipinski definition) is 4. The Morgan fingerprint density at radius 1 is 1.22 bits per heavy atom. The summed E-state index contributed by atoms with van der Waals surface area (Å²) in [5.74, 6) is -0.130. The Morgan fingerprint density at radius 3 is 2.19 bits per heavy atom. The predicted octanol–water partition coefficient (Wildman–Crippen LogP) is 1.10. The summed E-state index contributed by atoms with van der Waals surface area (Å²) in [5.41, 5.74) is 0.0812. The monoisotopic (exact) mass is 395 g/mol. The highest BCUT2D eigenvalue weighted by molar-refractivity contribution is 7.89. The topological polar surface area (TPSA) is 98.1 Å². The molecular weight excluding hydrogens is 364 g/mol. The van der Waals surface area contributed by atoms with Gasteiger partial charge < -0.3 is 10.2 Å². The van der Waals surface area contributed by atoms with Crippen molar-refractivity contribution >= 4 is 15.9 Å². The van der Waals surface area contributed by atoms with Gasteiger partial charge >= 0.3 is 0 Å². The van der Waals surface area contributed by atoms with Crippen LogP contribution in [0, 0.1) is 11.3 Å². The van der Waals surface area contributed by atoms with E-state index < -0.39 is 15.6 Å². The third-order valence-electron chi connectivity index (χ3n) is 4.88. The molecule has 7 nitrogen and oxygen atoms in total. The Hall–Kier alpha value is -1.95. The summed E-state index contributed by atoms with van der Waals surface area (Å²) >= 11 is 0. The lowest BCUT2D eigenvalue weighted by atomic mass is 10.1. The van der Waals surface area contributed by atoms with E-state index in [9.17, 15) is 13.2 Å². The molecule has 0 saturated heterocycles. The van der Waals surface area contributed by atoms with Gasteiger partial charge in [0.25, 0.3) is 5.91 Å². The molecule has 0 radical (unpaired) electrons. The number of likely N-dealkylation sites (N-methyl/N-ethyl adjacent to an activating group) is 1. The van der Waals surface area contributed by atoms with Crippen LogP contribution in [0.5, 0.6) is 0 Å². The summed E-state index contributed by atoms with van der Waals surface area (Å²) in [7, 11) is -1.85. The minimum absolute atomic E-state index is 0.0160. The first-order valence-corrected chi connectivity index (χ1v) is 10.6. The standard InChI is InChI=1S/C19H30N4O3S/c1-7-23(8-2)27(25,26)17-11-9-16(10-12-17)15(3)21-13-18(24)22(6)19(4,5)14-20/h9-12,15,21H,7-8,13H2,1-6H3/p+1/t15-/m1/s1. The SMILES string of the molecule is CCN(CC)S(=O)(=O)c1ccc([C@@H](C)[NH2+]CC(=O)N(C)C(C)(C)C#N)cc1. The fourth-order valence-corrected chi connectivity index (χ4v) is 4.05. The number of rotatable bonds is 9. The number of quaternary nitrogens is 1. The van der Waals surface area contributed by atoms with Gasteiger partial charge in [0.15, 0.2) is 6.54 Å². The first-order valence-electron chi connectivity index (χ1n) is 9.12. The number of sulfonamides is 1. The van der Waals surface area contributed by atoms with Crippen molar-refractivity contribution in [3.05, 3.63) is 29.8 Å². The van der Waals surface area contributed by atoms with Crippen molar-refractivity contribution in [1.29, 1.82) is 5.26 Å². The molecule has 0 aliphatic heterocycles. The second kappa shape index (κ2) is 9.31. The van der Waals surface area contributed by atoms with Gasteiger partial charge in [0.1, 0.15) is 11.6 Å². The van der Waals surface area contributed by atoms with Crippen LogP contribution in [0.1, 0.15) is 46.2 Å². The molecule has 150 valence electrons. The highest BCUT2D eigenvalue weighted by atomic mass is 32.2. The van der Waals surface area contributed by atoms with Crippen LogP contribution in [0.4, 0.5) is 0 Å². The van der Waals surface area contributed by atoms with Gasteiger partial charge in [-0.3, -0.25) is 4.79 Å². The normalized spacial score (nSPS) is 13.3. The summed E-state index contributed by atoms with van der Waals surface area (Å²) in [4.78, 5) is 14.0. The van der Waals surface area contributed by atoms with E-state index in [1.54, 1.807) is 45.2 Å². The molecule has 1 atom stereocenters. The Labute approximate surface area is 163 Å². The van der Waals surface area contributed by atoms with Crippen molar-refractivity contribution in [1.82, 2.24) is 9.21 Å². The van der Waals surface area contributed by atoms with E-state index in [0.29, 0.717) is 13.1 Å². The maximum absolute atomic E-state index is 12.5. The molecule has 0 heterocycles. The van der Waals surface area contributed by atoms with Crippen LogP contribution in [-0.2, 0) is 14.8 Å². The number of nitriles is 1. The van der Waals surface area contributed by atoms with Gasteiger partial charge in [0, 0.05) is 25.7 Å². The molecule has 0 fully saturated rings. The number of benzene rings is 1. The quantitative estimate of drug-likeness (QED) is 0.677. The number of nitrogens with zero attached hydrogens (tertiary/aromatic N) is 3. The van der Waals surface area contributed by atoms with E-state index in [2.05, 4.69) is 6.07 Å². The van der Waals surface area contributed by atoms with E-state index >= 15 is 0 Å². The molecule has 0 bridgehead atoms. The molecule has 0 aliphatic rings. The maximum atomic E-state index is 12.5. The highest BCUT2D eigenvalue weighted by Crippen LogP contribution is 2.18. The minimum atomic E-state index is -3.47. The summed E-state index contributed by atoms with van der Waals surface area (Å²) in [6.45, 7) is 10.0. The van der Waals surface area contributed by atoms with Crippen molar-refractivity contribution < 1.29 is 18.5 Å². The summed E-state index contributed by atoms with van der Waals surface area (Å²) in [5, 5.41) is 11.0. The largest absolute Gasteiger partial charge is 0.333 e. The second-order valence-electron chi connectivity index (χ2n) is 7.01. The van der Waals surface area contributed by atoms with E-state index in [1.165, 1.54) is 9.21 Å². The van der Waals surface area contributed by atoms with Gasteiger partial charge in [0.05, 0.1) is 11.0 Å². The predicted molar refractivity (Wildman–Crippen MR) is 104 cm³/mol. The van der Waals surface area contributed by atoms with Gasteiger partial charge in [-0.1, -0.05) is 26.0 Å². The minimum Gasteiger partial charge on any atom is -0.333 e. The molecular formula is C19H31N4O3S+. The van der Waals surface area contributed by atoms with Crippen LogP contribution in [0.2, 0.25) is 0 Å². The van der Waals surface area contributed by atoms with Gasteiger partial charge in [-0.05, 0) is 32.9 Å². The van der Waals surface area contributed by atoms with Crippen LogP contribution >= 0.6 is 0 Å². The van der Waals surface area contributed by atoms with Crippen molar-refractivity contribution in [2.24, 2.45) is 0 Å². The smallest absolute Gasteiger partial charge is 0.278 e. The van der Waals surface area contributed by atoms with Gasteiger partial charge in [-0.25, -0.2) is 8.42 Å². The molecule has 0 aromatic heterocycles. The van der Waals surface area contributed by atoms with E-state index in [4.69, 9.17) is 5.26 Å². The molecule has 2 N–H and O–H groups in total. The van der Waals surface area contributed by atoms with Crippen molar-refractivity contribution in [2.75, 3.05) is 26.7 Å². The third-order valence-corrected chi connectivity index (χ3v) is 6.95. The number of amides is 1. The Morgan fingerprint density at radius 2 is 1.74 bits per heavy atom. The fraction of sp³-hybridized carbons (Fsp3) is 0.579.